The summed E-state index contributed by atoms with van der Waals surface area (Å²) in [5, 5.41) is 5.32. The molecule has 32 heavy (non-hydrogen) atoms. The first-order chi connectivity index (χ1) is 15.1. The number of hydrogen-bond donors (Lipinski definition) is 2. The van der Waals surface area contributed by atoms with Gasteiger partial charge in [-0.15, -0.1) is 0 Å². The van der Waals surface area contributed by atoms with Crippen LogP contribution in [0.25, 0.3) is 0 Å². The van der Waals surface area contributed by atoms with Gasteiger partial charge in [-0.05, 0) is 56.5 Å². The van der Waals surface area contributed by atoms with Gasteiger partial charge in [0, 0.05) is 17.6 Å². The third-order valence-electron chi connectivity index (χ3n) is 5.49. The second-order valence-electron chi connectivity index (χ2n) is 7.75. The third-order valence-corrected chi connectivity index (χ3v) is 7.78. The van der Waals surface area contributed by atoms with Gasteiger partial charge in [0.2, 0.25) is 15.9 Å². The third kappa shape index (κ3) is 4.05. The Morgan fingerprint density at radius 3 is 2.78 bits per heavy atom. The molecule has 170 valence electrons. The van der Waals surface area contributed by atoms with Gasteiger partial charge in [0.25, 0.3) is 5.91 Å². The van der Waals surface area contributed by atoms with Gasteiger partial charge in [-0.2, -0.15) is 4.31 Å². The smallest absolute Gasteiger partial charge is 0.265 e. The number of carbonyl (C=O) groups excluding carboxylic acids is 2. The van der Waals surface area contributed by atoms with E-state index in [2.05, 4.69) is 10.6 Å². The zero-order chi connectivity index (χ0) is 23.2. The van der Waals surface area contributed by atoms with Crippen molar-refractivity contribution in [2.75, 3.05) is 17.2 Å². The normalized spacial score (nSPS) is 20.9. The van der Waals surface area contributed by atoms with Crippen LogP contribution in [-0.2, 0) is 19.6 Å². The fourth-order valence-corrected chi connectivity index (χ4v) is 5.88. The lowest BCUT2D eigenvalue weighted by Crippen LogP contribution is -2.43. The van der Waals surface area contributed by atoms with E-state index < -0.39 is 33.9 Å². The molecule has 2 aliphatic rings. The number of benzene rings is 2. The van der Waals surface area contributed by atoms with Crippen LogP contribution >= 0.6 is 11.6 Å². The highest BCUT2D eigenvalue weighted by molar-refractivity contribution is 7.89. The summed E-state index contributed by atoms with van der Waals surface area (Å²) in [6, 6.07) is 5.72. The van der Waals surface area contributed by atoms with Crippen molar-refractivity contribution < 1.29 is 27.1 Å². The molecular formula is C21H21ClFN3O5S. The van der Waals surface area contributed by atoms with Crippen LogP contribution in [0.5, 0.6) is 5.75 Å². The first kappa shape index (κ1) is 22.5. The van der Waals surface area contributed by atoms with Crippen LogP contribution in [0.4, 0.5) is 15.8 Å². The van der Waals surface area contributed by atoms with Crippen molar-refractivity contribution in [2.24, 2.45) is 0 Å². The Balaban J connectivity index is 1.63. The summed E-state index contributed by atoms with van der Waals surface area (Å²) in [6.45, 7) is 3.31. The van der Waals surface area contributed by atoms with Gasteiger partial charge in [-0.3, -0.25) is 9.59 Å². The number of carbonyl (C=O) groups is 2. The molecule has 2 N–H and O–H groups in total. The summed E-state index contributed by atoms with van der Waals surface area (Å²) < 4.78 is 47.7. The summed E-state index contributed by atoms with van der Waals surface area (Å²) >= 11 is 5.74. The van der Waals surface area contributed by atoms with E-state index in [0.29, 0.717) is 24.1 Å². The molecule has 0 aliphatic carbocycles. The SMILES string of the molecule is Cc1cc2c(cc1S(=O)(=O)N1CCC[C@@H]1C(=O)Nc1ccc(Cl)cc1F)O[C@@H](C)C(=O)N2. The topological polar surface area (TPSA) is 105 Å². The molecule has 0 aromatic heterocycles. The molecule has 0 saturated carbocycles. The van der Waals surface area contributed by atoms with Gasteiger partial charge in [-0.1, -0.05) is 11.6 Å². The van der Waals surface area contributed by atoms with Crippen molar-refractivity contribution >= 4 is 44.8 Å². The number of rotatable bonds is 4. The lowest BCUT2D eigenvalue weighted by molar-refractivity contribution is -0.122. The monoisotopic (exact) mass is 481 g/mol. The Bertz CT molecular complexity index is 1220. The van der Waals surface area contributed by atoms with E-state index in [1.54, 1.807) is 13.8 Å². The van der Waals surface area contributed by atoms with Gasteiger partial charge in [0.15, 0.2) is 6.10 Å². The highest BCUT2D eigenvalue weighted by Crippen LogP contribution is 2.37. The molecule has 2 aromatic rings. The van der Waals surface area contributed by atoms with Crippen LogP contribution in [0.1, 0.15) is 25.3 Å². The molecule has 1 saturated heterocycles. The number of ether oxygens (including phenoxy) is 1. The summed E-state index contributed by atoms with van der Waals surface area (Å²) in [7, 11) is -4.07. The highest BCUT2D eigenvalue weighted by Gasteiger charge is 2.41. The minimum absolute atomic E-state index is 0.0167. The lowest BCUT2D eigenvalue weighted by Gasteiger charge is -2.27. The van der Waals surface area contributed by atoms with Crippen LogP contribution in [0.2, 0.25) is 5.02 Å². The minimum Gasteiger partial charge on any atom is -0.479 e. The number of amides is 2. The number of anilines is 2. The van der Waals surface area contributed by atoms with Crippen molar-refractivity contribution in [3.63, 3.8) is 0 Å². The van der Waals surface area contributed by atoms with E-state index in [1.165, 1.54) is 24.3 Å². The van der Waals surface area contributed by atoms with Crippen molar-refractivity contribution in [3.8, 4) is 5.75 Å². The van der Waals surface area contributed by atoms with Gasteiger partial charge in [0.05, 0.1) is 16.3 Å². The number of nitrogens with one attached hydrogen (secondary N) is 2. The molecule has 4 rings (SSSR count). The Morgan fingerprint density at radius 2 is 2.06 bits per heavy atom. The molecular weight excluding hydrogens is 461 g/mol. The van der Waals surface area contributed by atoms with Crippen LogP contribution in [-0.4, -0.2) is 43.2 Å². The molecule has 0 spiro atoms. The lowest BCUT2D eigenvalue weighted by atomic mass is 10.1. The second-order valence-corrected chi connectivity index (χ2v) is 10.0. The average molecular weight is 482 g/mol. The highest BCUT2D eigenvalue weighted by atomic mass is 35.5. The van der Waals surface area contributed by atoms with E-state index in [0.717, 1.165) is 10.4 Å². The maximum Gasteiger partial charge on any atom is 0.265 e. The summed E-state index contributed by atoms with van der Waals surface area (Å²) in [5.74, 6) is -1.42. The number of aryl methyl sites for hydroxylation is 1. The van der Waals surface area contributed by atoms with Crippen molar-refractivity contribution in [1.29, 1.82) is 0 Å². The molecule has 2 aliphatic heterocycles. The van der Waals surface area contributed by atoms with Crippen LogP contribution in [0.15, 0.2) is 35.2 Å². The molecule has 2 atom stereocenters. The molecule has 11 heteroatoms. The van der Waals surface area contributed by atoms with E-state index in [9.17, 15) is 22.4 Å². The van der Waals surface area contributed by atoms with Crippen LogP contribution < -0.4 is 15.4 Å². The molecule has 2 heterocycles. The van der Waals surface area contributed by atoms with Gasteiger partial charge < -0.3 is 15.4 Å². The Labute approximate surface area is 189 Å². The van der Waals surface area contributed by atoms with Gasteiger partial charge in [0.1, 0.15) is 17.6 Å². The zero-order valence-electron chi connectivity index (χ0n) is 17.3. The Kier molecular flexibility index (Phi) is 5.87. The molecule has 2 amide bonds. The second kappa shape index (κ2) is 8.34. The minimum atomic E-state index is -4.07. The average Bonchev–Trinajstić information content (AvgIpc) is 3.22. The van der Waals surface area contributed by atoms with E-state index >= 15 is 0 Å². The number of nitrogens with zero attached hydrogens (tertiary/aromatic N) is 1. The molecule has 0 radical (unpaired) electrons. The predicted molar refractivity (Wildman–Crippen MR) is 117 cm³/mol. The van der Waals surface area contributed by atoms with Crippen molar-refractivity contribution in [3.05, 3.63) is 46.7 Å². The number of halogens is 2. The maximum atomic E-state index is 14.1. The first-order valence-corrected chi connectivity index (χ1v) is 11.8. The maximum absolute atomic E-state index is 14.1. The predicted octanol–water partition coefficient (Wildman–Crippen LogP) is 3.30. The van der Waals surface area contributed by atoms with E-state index in [4.69, 9.17) is 16.3 Å². The number of sulfonamides is 1. The standard InChI is InChI=1S/C21H21ClFN3O5S/c1-11-8-16-18(31-12(2)20(27)25-16)10-19(11)32(29,30)26-7-3-4-17(26)21(28)24-15-6-5-13(22)9-14(15)23/h5-6,8-10,12,17H,3-4,7H2,1-2H3,(H,24,28)(H,25,27)/t12-,17+/m0/s1. The number of hydrogen-bond acceptors (Lipinski definition) is 5. The largest absolute Gasteiger partial charge is 0.479 e. The molecule has 1 fully saturated rings. The van der Waals surface area contributed by atoms with E-state index in [1.807, 2.05) is 0 Å². The van der Waals surface area contributed by atoms with Gasteiger partial charge >= 0.3 is 0 Å². The quantitative estimate of drug-likeness (QED) is 0.697. The Morgan fingerprint density at radius 1 is 1.31 bits per heavy atom. The summed E-state index contributed by atoms with van der Waals surface area (Å²) in [4.78, 5) is 24.7. The van der Waals surface area contributed by atoms with Gasteiger partial charge in [-0.25, -0.2) is 12.8 Å². The molecule has 0 unspecified atom stereocenters. The molecule has 8 nitrogen and oxygen atoms in total. The molecule has 2 aromatic carbocycles. The fraction of sp³-hybridized carbons (Fsp3) is 0.333. The van der Waals surface area contributed by atoms with Crippen LogP contribution in [0, 0.1) is 12.7 Å². The van der Waals surface area contributed by atoms with E-state index in [-0.39, 0.29) is 33.8 Å². The number of fused-ring (bicyclic) bond motifs is 1. The summed E-state index contributed by atoms with van der Waals surface area (Å²) in [5.41, 5.74) is 0.710. The zero-order valence-corrected chi connectivity index (χ0v) is 18.9. The van der Waals surface area contributed by atoms with Crippen molar-refractivity contribution in [2.45, 2.75) is 43.7 Å². The van der Waals surface area contributed by atoms with Crippen LogP contribution in [0.3, 0.4) is 0 Å². The molecule has 0 bridgehead atoms. The first-order valence-electron chi connectivity index (χ1n) is 9.98. The summed E-state index contributed by atoms with van der Waals surface area (Å²) in [6.07, 6.45) is 0.0160. The fourth-order valence-electron chi connectivity index (χ4n) is 3.84. The Hall–Kier alpha value is -2.69. The van der Waals surface area contributed by atoms with Crippen molar-refractivity contribution in [1.82, 2.24) is 4.31 Å².